The molecule has 3 aromatic rings. The first-order valence-electron chi connectivity index (χ1n) is 21.9. The van der Waals surface area contributed by atoms with Crippen LogP contribution in [0.2, 0.25) is 5.02 Å². The fourth-order valence-electron chi connectivity index (χ4n) is 7.26. The average Bonchev–Trinajstić information content (AvgIpc) is 3.82. The van der Waals surface area contributed by atoms with Crippen LogP contribution >= 0.6 is 11.6 Å². The molecule has 3 aliphatic rings. The van der Waals surface area contributed by atoms with Crippen molar-refractivity contribution in [1.29, 1.82) is 0 Å². The second-order valence-electron chi connectivity index (χ2n) is 16.4. The molecule has 0 radical (unpaired) electrons. The number of amides is 10. The van der Waals surface area contributed by atoms with Gasteiger partial charge in [-0.25, -0.2) is 9.59 Å². The van der Waals surface area contributed by atoms with Gasteiger partial charge in [0, 0.05) is 73.6 Å². The minimum absolute atomic E-state index is 0.0383. The largest absolute Gasteiger partial charge is 0.445 e. The number of ether oxygens (including phenoxy) is 3. The Labute approximate surface area is 401 Å². The zero-order valence-corrected chi connectivity index (χ0v) is 38.7. The Kier molecular flexibility index (Phi) is 17.2. The normalized spacial score (nSPS) is 16.1. The van der Waals surface area contributed by atoms with Crippen molar-refractivity contribution < 1.29 is 62.2 Å². The number of hydrogen-bond donors (Lipinski definition) is 5. The highest BCUT2D eigenvalue weighted by atomic mass is 35.5. The van der Waals surface area contributed by atoms with Crippen LogP contribution in [0, 0.1) is 0 Å². The lowest BCUT2D eigenvalue weighted by molar-refractivity contribution is -0.138. The molecule has 69 heavy (non-hydrogen) atoms. The number of nitrogens with one attached hydrogen (secondary N) is 5. The Hall–Kier alpha value is -7.65. The summed E-state index contributed by atoms with van der Waals surface area (Å²) in [5.41, 5.74) is 4.05. The van der Waals surface area contributed by atoms with Crippen LogP contribution in [0.25, 0.3) is 0 Å². The lowest BCUT2D eigenvalue weighted by Crippen LogP contribution is -2.52. The molecule has 0 bridgehead atoms. The van der Waals surface area contributed by atoms with Crippen LogP contribution < -0.4 is 26.6 Å². The summed E-state index contributed by atoms with van der Waals surface area (Å²) in [5.74, 6) is -3.86. The molecule has 22 heteroatoms. The summed E-state index contributed by atoms with van der Waals surface area (Å²) in [6.07, 6.45) is 1.61. The van der Waals surface area contributed by atoms with Crippen LogP contribution in [0.4, 0.5) is 21.0 Å². The maximum Gasteiger partial charge on any atom is 0.411 e. The third-order valence-electron chi connectivity index (χ3n) is 11.2. The summed E-state index contributed by atoms with van der Waals surface area (Å²) in [6, 6.07) is 13.9. The van der Waals surface area contributed by atoms with Gasteiger partial charge >= 0.3 is 12.2 Å². The number of nitrogens with zero attached hydrogens (tertiary/aromatic N) is 3. The van der Waals surface area contributed by atoms with Crippen LogP contribution in [-0.4, -0.2) is 126 Å². The molecule has 3 aromatic carbocycles. The van der Waals surface area contributed by atoms with Crippen molar-refractivity contribution in [2.75, 3.05) is 44.0 Å². The van der Waals surface area contributed by atoms with E-state index in [1.807, 2.05) is 0 Å². The van der Waals surface area contributed by atoms with E-state index < -0.39 is 65.8 Å². The predicted octanol–water partition coefficient (Wildman–Crippen LogP) is 2.94. The molecule has 3 aliphatic heterocycles. The van der Waals surface area contributed by atoms with Crippen molar-refractivity contribution >= 4 is 82.4 Å². The van der Waals surface area contributed by atoms with Gasteiger partial charge in [0.05, 0.1) is 13.2 Å². The molecule has 0 aliphatic carbocycles. The van der Waals surface area contributed by atoms with Crippen LogP contribution in [0.3, 0.4) is 0 Å². The summed E-state index contributed by atoms with van der Waals surface area (Å²) in [6.45, 7) is 3.63. The summed E-state index contributed by atoms with van der Waals surface area (Å²) < 4.78 is 16.5. The molecule has 6 rings (SSSR count). The lowest BCUT2D eigenvalue weighted by atomic mass is 10.0. The highest BCUT2D eigenvalue weighted by Crippen LogP contribution is 2.29. The molecule has 0 saturated carbocycles. The van der Waals surface area contributed by atoms with E-state index in [0.717, 1.165) is 22.6 Å². The Morgan fingerprint density at radius 1 is 0.812 bits per heavy atom. The van der Waals surface area contributed by atoms with Crippen molar-refractivity contribution in [2.45, 2.75) is 77.4 Å². The van der Waals surface area contributed by atoms with Gasteiger partial charge in [-0.15, -0.1) is 0 Å². The first-order chi connectivity index (χ1) is 32.9. The van der Waals surface area contributed by atoms with Crippen molar-refractivity contribution in [1.82, 2.24) is 30.7 Å². The first-order valence-corrected chi connectivity index (χ1v) is 22.3. The number of likely N-dealkylation sites (N-methyl/N-ethyl adjacent to an activating group) is 1. The number of piperidine rings is 1. The van der Waals surface area contributed by atoms with Crippen LogP contribution in [0.1, 0.15) is 65.7 Å². The van der Waals surface area contributed by atoms with Crippen molar-refractivity contribution in [3.05, 3.63) is 106 Å². The third-order valence-corrected chi connectivity index (χ3v) is 11.6. The van der Waals surface area contributed by atoms with Gasteiger partial charge in [-0.05, 0) is 85.3 Å². The number of benzene rings is 3. The van der Waals surface area contributed by atoms with Gasteiger partial charge in [0.1, 0.15) is 31.3 Å². The Morgan fingerprint density at radius 3 is 2.20 bits per heavy atom. The van der Waals surface area contributed by atoms with Crippen molar-refractivity contribution in [3.8, 4) is 0 Å². The van der Waals surface area contributed by atoms with Gasteiger partial charge in [-0.1, -0.05) is 35.9 Å². The minimum atomic E-state index is -0.994. The summed E-state index contributed by atoms with van der Waals surface area (Å²) >= 11 is 6.49. The zero-order chi connectivity index (χ0) is 49.8. The maximum atomic E-state index is 13.0. The highest BCUT2D eigenvalue weighted by molar-refractivity contribution is 6.31. The van der Waals surface area contributed by atoms with E-state index in [1.165, 1.54) is 23.6 Å². The fraction of sp³-hybridized carbons (Fsp3) is 0.362. The second-order valence-corrected chi connectivity index (χ2v) is 16.8. The standard InChI is InChI=1S/C47H51ClN8O13/c1-27(49-39(58)16-18-55-40(59)14-15-41(55)60)42(61)50-28(2)43(62)51-33-8-4-29(5-9-33)25-69-47(66)54(3)19-21-67-20-17-31-7-10-34(23-36(31)48)52-46(65)68-26-30-6-11-35-32(22-30)24-56(45(35)64)37-12-13-38(57)53-44(37)63/h4-11,14-15,22-23,27-28,37H,12-13,16-21,24-26H2,1-3H3,(H,49,58)(H,50,61)(H,51,62)(H,52,65)(H,53,57,63)/t27-,28-,37?/m0/s1. The van der Waals surface area contributed by atoms with Crippen molar-refractivity contribution in [3.63, 3.8) is 0 Å². The number of hydrogen-bond acceptors (Lipinski definition) is 13. The van der Waals surface area contributed by atoms with Gasteiger partial charge in [0.2, 0.25) is 29.5 Å². The Balaban J connectivity index is 0.820. The molecule has 5 N–H and O–H groups in total. The van der Waals surface area contributed by atoms with E-state index in [-0.39, 0.29) is 70.5 Å². The fourth-order valence-corrected chi connectivity index (χ4v) is 7.54. The second kappa shape index (κ2) is 23.4. The molecule has 3 heterocycles. The van der Waals surface area contributed by atoms with E-state index >= 15 is 0 Å². The summed E-state index contributed by atoms with van der Waals surface area (Å²) in [7, 11) is 1.57. The topological polar surface area (TPSA) is 268 Å². The lowest BCUT2D eigenvalue weighted by Gasteiger charge is -2.29. The Morgan fingerprint density at radius 2 is 1.49 bits per heavy atom. The van der Waals surface area contributed by atoms with E-state index in [0.29, 0.717) is 51.7 Å². The Bertz CT molecular complexity index is 2530. The maximum absolute atomic E-state index is 13.0. The van der Waals surface area contributed by atoms with Crippen LogP contribution in [-0.2, 0) is 74.0 Å². The number of anilines is 2. The van der Waals surface area contributed by atoms with Crippen LogP contribution in [0.5, 0.6) is 0 Å². The molecule has 0 aromatic heterocycles. The molecule has 1 fully saturated rings. The molecule has 10 amide bonds. The minimum Gasteiger partial charge on any atom is -0.445 e. The highest BCUT2D eigenvalue weighted by Gasteiger charge is 2.39. The smallest absolute Gasteiger partial charge is 0.411 e. The SMILES string of the molecule is C[C@H](NC(=O)CCN1C(=O)C=CC1=O)C(=O)N[C@@H](C)C(=O)Nc1ccc(COC(=O)N(C)CCOCCc2ccc(NC(=O)OCc3ccc4c(c3)CN(C3CCC(=O)NC3=O)C4=O)cc2Cl)cc1. The number of carbonyl (C=O) groups excluding carboxylic acids is 10. The quantitative estimate of drug-likeness (QED) is 0.0807. The molecular formula is C47H51ClN8O13. The summed E-state index contributed by atoms with van der Waals surface area (Å²) in [4.78, 5) is 127. The number of halogens is 1. The number of fused-ring (bicyclic) bond motifs is 1. The monoisotopic (exact) mass is 970 g/mol. The predicted molar refractivity (Wildman–Crippen MR) is 246 cm³/mol. The van der Waals surface area contributed by atoms with Gasteiger partial charge in [-0.3, -0.25) is 53.9 Å². The molecule has 3 atom stereocenters. The van der Waals surface area contributed by atoms with E-state index in [2.05, 4.69) is 26.6 Å². The van der Waals surface area contributed by atoms with Gasteiger partial charge < -0.3 is 40.0 Å². The molecule has 21 nitrogen and oxygen atoms in total. The van der Waals surface area contributed by atoms with Gasteiger partial charge in [0.25, 0.3) is 17.7 Å². The summed E-state index contributed by atoms with van der Waals surface area (Å²) in [5, 5.41) is 13.0. The van der Waals surface area contributed by atoms with Gasteiger partial charge in [-0.2, -0.15) is 0 Å². The number of rotatable bonds is 20. The molecule has 0 spiro atoms. The van der Waals surface area contributed by atoms with E-state index in [1.54, 1.807) is 67.7 Å². The number of carbonyl (C=O) groups is 10. The van der Waals surface area contributed by atoms with Gasteiger partial charge in [0.15, 0.2) is 0 Å². The van der Waals surface area contributed by atoms with Crippen molar-refractivity contribution in [2.24, 2.45) is 0 Å². The van der Waals surface area contributed by atoms with Crippen LogP contribution in [0.15, 0.2) is 72.8 Å². The average molecular weight is 971 g/mol. The molecule has 364 valence electrons. The number of imide groups is 2. The van der Waals surface area contributed by atoms with E-state index in [9.17, 15) is 47.9 Å². The first kappa shape index (κ1) is 50.8. The third kappa shape index (κ3) is 14.0. The molecular weight excluding hydrogens is 920 g/mol. The van der Waals surface area contributed by atoms with E-state index in [4.69, 9.17) is 25.8 Å². The molecule has 1 unspecified atom stereocenters. The zero-order valence-electron chi connectivity index (χ0n) is 38.0. The molecule has 1 saturated heterocycles.